The number of hydrogen-bond acceptors (Lipinski definition) is 6. The number of nitrogens with zero attached hydrogens (tertiary/aromatic N) is 2. The third kappa shape index (κ3) is 4.04. The summed E-state index contributed by atoms with van der Waals surface area (Å²) < 4.78 is 21.3. The summed E-state index contributed by atoms with van der Waals surface area (Å²) in [5.74, 6) is -1.63. The Balaban J connectivity index is 1.88. The summed E-state index contributed by atoms with van der Waals surface area (Å²) >= 11 is 3.45. The SMILES string of the molecule is O=C(O)c1c(O)cccc1Nc1c(S(=O)N2CCOCC2)cnc2ccc(Br)cc12. The van der Waals surface area contributed by atoms with Gasteiger partial charge in [-0.25, -0.2) is 13.3 Å². The Kier molecular flexibility index (Phi) is 6.00. The second-order valence-electron chi connectivity index (χ2n) is 6.58. The Labute approximate surface area is 183 Å². The zero-order chi connectivity index (χ0) is 21.3. The fourth-order valence-electron chi connectivity index (χ4n) is 3.26. The molecule has 0 amide bonds. The van der Waals surface area contributed by atoms with Gasteiger partial charge >= 0.3 is 5.97 Å². The number of morpholine rings is 1. The van der Waals surface area contributed by atoms with E-state index in [9.17, 15) is 19.2 Å². The number of carboxylic acids is 1. The topological polar surface area (TPSA) is 112 Å². The number of aromatic nitrogens is 1. The van der Waals surface area contributed by atoms with Crippen LogP contribution in [0, 0.1) is 0 Å². The zero-order valence-electron chi connectivity index (χ0n) is 15.7. The summed E-state index contributed by atoms with van der Waals surface area (Å²) in [4.78, 5) is 16.6. The van der Waals surface area contributed by atoms with Crippen molar-refractivity contribution in [3.8, 4) is 5.75 Å². The molecule has 0 radical (unpaired) electrons. The maximum atomic E-state index is 13.3. The van der Waals surface area contributed by atoms with Crippen LogP contribution in [0.3, 0.4) is 0 Å². The predicted molar refractivity (Wildman–Crippen MR) is 117 cm³/mol. The molecule has 1 aliphatic heterocycles. The first-order valence-electron chi connectivity index (χ1n) is 9.11. The Morgan fingerprint density at radius 1 is 1.23 bits per heavy atom. The summed E-state index contributed by atoms with van der Waals surface area (Å²) in [5.41, 5.74) is 1.05. The van der Waals surface area contributed by atoms with Crippen LogP contribution in [0.4, 0.5) is 11.4 Å². The maximum Gasteiger partial charge on any atom is 0.341 e. The van der Waals surface area contributed by atoms with Gasteiger partial charge in [0.05, 0.1) is 35.0 Å². The summed E-state index contributed by atoms with van der Waals surface area (Å²) in [6, 6.07) is 9.88. The van der Waals surface area contributed by atoms with E-state index in [0.29, 0.717) is 47.8 Å². The van der Waals surface area contributed by atoms with Crippen molar-refractivity contribution >= 4 is 55.2 Å². The number of aromatic hydroxyl groups is 1. The molecule has 2 aromatic carbocycles. The van der Waals surface area contributed by atoms with Crippen molar-refractivity contribution in [3.63, 3.8) is 0 Å². The van der Waals surface area contributed by atoms with E-state index in [1.54, 1.807) is 16.4 Å². The number of carboxylic acid groups (broad SMARTS) is 1. The van der Waals surface area contributed by atoms with Crippen LogP contribution in [0.1, 0.15) is 10.4 Å². The highest BCUT2D eigenvalue weighted by atomic mass is 79.9. The third-order valence-corrected chi connectivity index (χ3v) is 6.72. The minimum absolute atomic E-state index is 0.190. The smallest absolute Gasteiger partial charge is 0.341 e. The molecule has 0 bridgehead atoms. The Morgan fingerprint density at radius 2 is 2.00 bits per heavy atom. The molecular formula is C20H18BrN3O5S. The van der Waals surface area contributed by atoms with Gasteiger partial charge in [-0.15, -0.1) is 0 Å². The predicted octanol–water partition coefficient (Wildman–Crippen LogP) is 3.50. The van der Waals surface area contributed by atoms with Gasteiger partial charge in [-0.1, -0.05) is 22.0 Å². The highest BCUT2D eigenvalue weighted by molar-refractivity contribution is 9.10. The molecule has 1 saturated heterocycles. The molecule has 1 aromatic heterocycles. The van der Waals surface area contributed by atoms with E-state index in [1.807, 2.05) is 18.2 Å². The van der Waals surface area contributed by atoms with Gasteiger partial charge in [0.25, 0.3) is 0 Å². The van der Waals surface area contributed by atoms with Crippen molar-refractivity contribution in [2.24, 2.45) is 0 Å². The van der Waals surface area contributed by atoms with Crippen LogP contribution >= 0.6 is 15.9 Å². The molecule has 1 unspecified atom stereocenters. The molecule has 156 valence electrons. The van der Waals surface area contributed by atoms with Gasteiger partial charge < -0.3 is 20.3 Å². The quantitative estimate of drug-likeness (QED) is 0.500. The lowest BCUT2D eigenvalue weighted by Crippen LogP contribution is -2.37. The maximum absolute atomic E-state index is 13.3. The minimum atomic E-state index is -1.54. The van der Waals surface area contributed by atoms with Gasteiger partial charge in [0, 0.05) is 29.1 Å². The monoisotopic (exact) mass is 491 g/mol. The van der Waals surface area contributed by atoms with E-state index < -0.39 is 17.0 Å². The van der Waals surface area contributed by atoms with E-state index >= 15 is 0 Å². The van der Waals surface area contributed by atoms with Gasteiger partial charge in [0.2, 0.25) is 0 Å². The second kappa shape index (κ2) is 8.68. The van der Waals surface area contributed by atoms with Crippen LogP contribution in [-0.4, -0.2) is 56.0 Å². The number of carbonyl (C=O) groups is 1. The van der Waals surface area contributed by atoms with E-state index in [-0.39, 0.29) is 17.0 Å². The van der Waals surface area contributed by atoms with E-state index in [0.717, 1.165) is 4.47 Å². The van der Waals surface area contributed by atoms with Crippen LogP contribution in [0.15, 0.2) is 52.0 Å². The Bertz CT molecular complexity index is 1150. The summed E-state index contributed by atoms with van der Waals surface area (Å²) in [6.07, 6.45) is 1.54. The van der Waals surface area contributed by atoms with Crippen molar-refractivity contribution in [1.82, 2.24) is 9.29 Å². The second-order valence-corrected chi connectivity index (χ2v) is 8.95. The Morgan fingerprint density at radius 3 is 2.73 bits per heavy atom. The van der Waals surface area contributed by atoms with Crippen LogP contribution in [0.2, 0.25) is 0 Å². The van der Waals surface area contributed by atoms with Crippen molar-refractivity contribution in [2.45, 2.75) is 4.90 Å². The lowest BCUT2D eigenvalue weighted by molar-refractivity contribution is 0.0695. The number of fused-ring (bicyclic) bond motifs is 1. The van der Waals surface area contributed by atoms with E-state index in [2.05, 4.69) is 26.2 Å². The molecule has 3 N–H and O–H groups in total. The highest BCUT2D eigenvalue weighted by Crippen LogP contribution is 2.36. The molecule has 30 heavy (non-hydrogen) atoms. The van der Waals surface area contributed by atoms with Crippen molar-refractivity contribution < 1.29 is 24.0 Å². The fraction of sp³-hybridized carbons (Fsp3) is 0.200. The zero-order valence-corrected chi connectivity index (χ0v) is 18.1. The van der Waals surface area contributed by atoms with Crippen LogP contribution in [-0.2, 0) is 15.7 Å². The van der Waals surface area contributed by atoms with Gasteiger partial charge in [0.1, 0.15) is 22.3 Å². The molecule has 1 atom stereocenters. The molecule has 0 saturated carbocycles. The number of phenols is 1. The number of rotatable bonds is 5. The van der Waals surface area contributed by atoms with Crippen molar-refractivity contribution in [2.75, 3.05) is 31.6 Å². The average molecular weight is 492 g/mol. The number of aromatic carboxylic acids is 1. The molecule has 10 heteroatoms. The van der Waals surface area contributed by atoms with Crippen LogP contribution in [0.5, 0.6) is 5.75 Å². The first-order valence-corrected chi connectivity index (χ1v) is 11.0. The molecule has 2 heterocycles. The molecular weight excluding hydrogens is 474 g/mol. The summed E-state index contributed by atoms with van der Waals surface area (Å²) in [7, 11) is -1.54. The molecule has 1 aliphatic rings. The number of ether oxygens (including phenoxy) is 1. The normalized spacial score (nSPS) is 15.8. The number of halogens is 1. The number of pyridine rings is 1. The number of hydrogen-bond donors (Lipinski definition) is 3. The van der Waals surface area contributed by atoms with Crippen LogP contribution in [0.25, 0.3) is 10.9 Å². The van der Waals surface area contributed by atoms with Gasteiger partial charge in [-0.2, -0.15) is 0 Å². The van der Waals surface area contributed by atoms with Crippen LogP contribution < -0.4 is 5.32 Å². The molecule has 0 spiro atoms. The lowest BCUT2D eigenvalue weighted by Gasteiger charge is -2.26. The molecule has 0 aliphatic carbocycles. The van der Waals surface area contributed by atoms with E-state index in [4.69, 9.17) is 4.74 Å². The molecule has 8 nitrogen and oxygen atoms in total. The molecule has 3 aromatic rings. The van der Waals surface area contributed by atoms with Gasteiger partial charge in [0.15, 0.2) is 0 Å². The third-order valence-electron chi connectivity index (χ3n) is 4.70. The molecule has 4 rings (SSSR count). The first-order chi connectivity index (χ1) is 14.5. The molecule has 1 fully saturated rings. The van der Waals surface area contributed by atoms with Gasteiger partial charge in [-0.3, -0.25) is 4.98 Å². The first kappa shape index (κ1) is 20.7. The number of nitrogens with one attached hydrogen (secondary N) is 1. The summed E-state index contributed by atoms with van der Waals surface area (Å²) in [6.45, 7) is 1.98. The lowest BCUT2D eigenvalue weighted by atomic mass is 10.1. The highest BCUT2D eigenvalue weighted by Gasteiger charge is 2.24. The summed E-state index contributed by atoms with van der Waals surface area (Å²) in [5, 5.41) is 23.4. The average Bonchev–Trinajstić information content (AvgIpc) is 2.74. The number of anilines is 2. The van der Waals surface area contributed by atoms with Crippen molar-refractivity contribution in [3.05, 3.63) is 52.6 Å². The minimum Gasteiger partial charge on any atom is -0.507 e. The number of benzene rings is 2. The fourth-order valence-corrected chi connectivity index (χ4v) is 4.86. The standard InChI is InChI=1S/C20H18BrN3O5S/c21-12-4-5-14-13(10-12)19(23-15-2-1-3-16(25)18(15)20(26)27)17(11-22-14)30(28)24-6-8-29-9-7-24/h1-5,10-11,25H,6-9H2,(H,22,23)(H,26,27). The van der Waals surface area contributed by atoms with E-state index in [1.165, 1.54) is 12.3 Å². The Hall–Kier alpha value is -2.53. The van der Waals surface area contributed by atoms with Crippen molar-refractivity contribution in [1.29, 1.82) is 0 Å². The largest absolute Gasteiger partial charge is 0.507 e. The van der Waals surface area contributed by atoms with Gasteiger partial charge in [-0.05, 0) is 30.3 Å².